The molecular weight excluding hydrogens is 222 g/mol. The van der Waals surface area contributed by atoms with Gasteiger partial charge in [-0.05, 0) is 13.8 Å². The van der Waals surface area contributed by atoms with E-state index in [0.717, 1.165) is 0 Å². The highest BCUT2D eigenvalue weighted by Gasteiger charge is 2.20. The van der Waals surface area contributed by atoms with Crippen LogP contribution in [-0.2, 0) is 11.8 Å². The van der Waals surface area contributed by atoms with E-state index < -0.39 is 11.9 Å². The number of aryl methyl sites for hydroxylation is 1. The standard InChI is InChI=1S/C10H17N5O2/c1-4-12-9(16)6(2)14-10(17)8-7(11)5-13-15(8)3/h5-6H,4,11H2,1-3H3,(H,12,16)(H,14,17). The minimum Gasteiger partial charge on any atom is -0.396 e. The molecule has 0 radical (unpaired) electrons. The van der Waals surface area contributed by atoms with Gasteiger partial charge in [0.15, 0.2) is 0 Å². The number of likely N-dealkylation sites (N-methyl/N-ethyl adjacent to an activating group) is 1. The summed E-state index contributed by atoms with van der Waals surface area (Å²) in [5.41, 5.74) is 6.14. The predicted molar refractivity (Wildman–Crippen MR) is 63.2 cm³/mol. The van der Waals surface area contributed by atoms with Crippen molar-refractivity contribution in [2.24, 2.45) is 7.05 Å². The van der Waals surface area contributed by atoms with Crippen LogP contribution in [0.4, 0.5) is 5.69 Å². The second-order valence-electron chi connectivity index (χ2n) is 3.66. The van der Waals surface area contributed by atoms with Crippen LogP contribution in [-0.4, -0.2) is 34.2 Å². The van der Waals surface area contributed by atoms with Gasteiger partial charge in [0.2, 0.25) is 5.91 Å². The van der Waals surface area contributed by atoms with Crippen molar-refractivity contribution < 1.29 is 9.59 Å². The van der Waals surface area contributed by atoms with Crippen LogP contribution in [0.5, 0.6) is 0 Å². The summed E-state index contributed by atoms with van der Waals surface area (Å²) in [6.45, 7) is 3.94. The first-order valence-electron chi connectivity index (χ1n) is 5.33. The molecule has 0 aromatic carbocycles. The molecule has 7 nitrogen and oxygen atoms in total. The van der Waals surface area contributed by atoms with E-state index in [9.17, 15) is 9.59 Å². The molecule has 2 amide bonds. The second kappa shape index (κ2) is 5.33. The molecule has 0 saturated heterocycles. The van der Waals surface area contributed by atoms with E-state index >= 15 is 0 Å². The summed E-state index contributed by atoms with van der Waals surface area (Å²) in [5, 5.41) is 9.03. The maximum absolute atomic E-state index is 11.8. The highest BCUT2D eigenvalue weighted by atomic mass is 16.2. The first-order valence-corrected chi connectivity index (χ1v) is 5.33. The SMILES string of the molecule is CCNC(=O)C(C)NC(=O)c1c(N)cnn1C. The Hall–Kier alpha value is -2.05. The molecule has 0 aliphatic carbocycles. The summed E-state index contributed by atoms with van der Waals surface area (Å²) < 4.78 is 1.37. The molecule has 94 valence electrons. The minimum absolute atomic E-state index is 0.235. The Morgan fingerprint density at radius 2 is 2.24 bits per heavy atom. The lowest BCUT2D eigenvalue weighted by Crippen LogP contribution is -2.45. The van der Waals surface area contributed by atoms with Gasteiger partial charge in [-0.15, -0.1) is 0 Å². The topological polar surface area (TPSA) is 102 Å². The summed E-state index contributed by atoms with van der Waals surface area (Å²) in [4.78, 5) is 23.3. The van der Waals surface area contributed by atoms with Crippen LogP contribution in [0.3, 0.4) is 0 Å². The first-order chi connectivity index (χ1) is 7.97. The van der Waals surface area contributed by atoms with Gasteiger partial charge in [-0.1, -0.05) is 0 Å². The van der Waals surface area contributed by atoms with Crippen molar-refractivity contribution in [1.29, 1.82) is 0 Å². The summed E-state index contributed by atoms with van der Waals surface area (Å²) in [6, 6.07) is -0.614. The summed E-state index contributed by atoms with van der Waals surface area (Å²) in [7, 11) is 1.61. The molecule has 7 heteroatoms. The maximum atomic E-state index is 11.8. The van der Waals surface area contributed by atoms with Crippen LogP contribution >= 0.6 is 0 Å². The number of nitrogen functional groups attached to an aromatic ring is 1. The number of hydrogen-bond donors (Lipinski definition) is 3. The second-order valence-corrected chi connectivity index (χ2v) is 3.66. The number of amides is 2. The monoisotopic (exact) mass is 239 g/mol. The number of rotatable bonds is 4. The van der Waals surface area contributed by atoms with Crippen molar-refractivity contribution >= 4 is 17.5 Å². The lowest BCUT2D eigenvalue weighted by molar-refractivity contribution is -0.122. The number of nitrogens with two attached hydrogens (primary N) is 1. The zero-order chi connectivity index (χ0) is 13.0. The largest absolute Gasteiger partial charge is 0.396 e. The first kappa shape index (κ1) is 13.0. The van der Waals surface area contributed by atoms with Gasteiger partial charge in [0.1, 0.15) is 11.7 Å². The lowest BCUT2D eigenvalue weighted by atomic mass is 10.2. The summed E-state index contributed by atoms with van der Waals surface area (Å²) >= 11 is 0. The molecule has 1 heterocycles. The molecule has 1 aromatic heterocycles. The van der Waals surface area contributed by atoms with Crippen LogP contribution in [0.2, 0.25) is 0 Å². The van der Waals surface area contributed by atoms with Gasteiger partial charge in [-0.3, -0.25) is 14.3 Å². The number of aromatic nitrogens is 2. The molecule has 1 unspecified atom stereocenters. The molecule has 1 aromatic rings. The maximum Gasteiger partial charge on any atom is 0.272 e. The molecule has 0 bridgehead atoms. The van der Waals surface area contributed by atoms with Crippen LogP contribution in [0, 0.1) is 0 Å². The highest BCUT2D eigenvalue weighted by molar-refractivity contribution is 5.99. The Labute approximate surface area is 99.4 Å². The van der Waals surface area contributed by atoms with E-state index in [1.165, 1.54) is 10.9 Å². The van der Waals surface area contributed by atoms with Gasteiger partial charge < -0.3 is 16.4 Å². The molecule has 17 heavy (non-hydrogen) atoms. The van der Waals surface area contributed by atoms with Gasteiger partial charge >= 0.3 is 0 Å². The summed E-state index contributed by atoms with van der Waals surface area (Å²) in [6.07, 6.45) is 1.39. The van der Waals surface area contributed by atoms with Gasteiger partial charge in [0.05, 0.1) is 11.9 Å². The highest BCUT2D eigenvalue weighted by Crippen LogP contribution is 2.08. The average Bonchev–Trinajstić information content (AvgIpc) is 2.58. The van der Waals surface area contributed by atoms with Crippen molar-refractivity contribution in [3.63, 3.8) is 0 Å². The number of anilines is 1. The van der Waals surface area contributed by atoms with Gasteiger partial charge in [-0.2, -0.15) is 5.10 Å². The number of carbonyl (C=O) groups excluding carboxylic acids is 2. The van der Waals surface area contributed by atoms with E-state index in [2.05, 4.69) is 15.7 Å². The smallest absolute Gasteiger partial charge is 0.272 e. The van der Waals surface area contributed by atoms with Crippen LogP contribution < -0.4 is 16.4 Å². The summed E-state index contributed by atoms with van der Waals surface area (Å²) in [5.74, 6) is -0.650. The Morgan fingerprint density at radius 1 is 1.59 bits per heavy atom. The number of nitrogens with one attached hydrogen (secondary N) is 2. The molecule has 0 aliphatic heterocycles. The van der Waals surface area contributed by atoms with Crippen LogP contribution in [0.15, 0.2) is 6.20 Å². The number of carbonyl (C=O) groups is 2. The Morgan fingerprint density at radius 3 is 2.71 bits per heavy atom. The van der Waals surface area contributed by atoms with Crippen molar-refractivity contribution in [2.75, 3.05) is 12.3 Å². The van der Waals surface area contributed by atoms with Crippen LogP contribution in [0.25, 0.3) is 0 Å². The normalized spacial score (nSPS) is 11.9. The van der Waals surface area contributed by atoms with Crippen molar-refractivity contribution in [1.82, 2.24) is 20.4 Å². The molecule has 1 atom stereocenters. The zero-order valence-corrected chi connectivity index (χ0v) is 10.2. The average molecular weight is 239 g/mol. The molecule has 0 fully saturated rings. The number of nitrogens with zero attached hydrogens (tertiary/aromatic N) is 2. The third-order valence-electron chi connectivity index (χ3n) is 2.27. The van der Waals surface area contributed by atoms with Crippen molar-refractivity contribution in [3.8, 4) is 0 Å². The molecule has 1 rings (SSSR count). The molecular formula is C10H17N5O2. The van der Waals surface area contributed by atoms with E-state index in [-0.39, 0.29) is 17.3 Å². The lowest BCUT2D eigenvalue weighted by Gasteiger charge is -2.13. The van der Waals surface area contributed by atoms with Gasteiger partial charge in [0, 0.05) is 13.6 Å². The fourth-order valence-electron chi connectivity index (χ4n) is 1.39. The van der Waals surface area contributed by atoms with E-state index in [1.807, 2.05) is 6.92 Å². The van der Waals surface area contributed by atoms with Crippen LogP contribution in [0.1, 0.15) is 24.3 Å². The van der Waals surface area contributed by atoms with Crippen molar-refractivity contribution in [3.05, 3.63) is 11.9 Å². The van der Waals surface area contributed by atoms with E-state index in [1.54, 1.807) is 14.0 Å². The molecule has 4 N–H and O–H groups in total. The molecule has 0 saturated carbocycles. The van der Waals surface area contributed by atoms with E-state index in [0.29, 0.717) is 6.54 Å². The quantitative estimate of drug-likeness (QED) is 0.643. The fourth-order valence-corrected chi connectivity index (χ4v) is 1.39. The van der Waals surface area contributed by atoms with Gasteiger partial charge in [0.25, 0.3) is 5.91 Å². The molecule has 0 aliphatic rings. The third-order valence-corrected chi connectivity index (χ3v) is 2.27. The Bertz CT molecular complexity index is 407. The minimum atomic E-state index is -0.614. The van der Waals surface area contributed by atoms with Crippen molar-refractivity contribution in [2.45, 2.75) is 19.9 Å². The number of hydrogen-bond acceptors (Lipinski definition) is 4. The predicted octanol–water partition coefficient (Wildman–Crippen LogP) is -0.743. The fraction of sp³-hybridized carbons (Fsp3) is 0.500. The van der Waals surface area contributed by atoms with E-state index in [4.69, 9.17) is 5.73 Å². The zero-order valence-electron chi connectivity index (χ0n) is 10.2. The Kier molecular flexibility index (Phi) is 4.08. The van der Waals surface area contributed by atoms with Gasteiger partial charge in [-0.25, -0.2) is 0 Å². The third kappa shape index (κ3) is 2.96. The molecule has 0 spiro atoms. The Balaban J connectivity index is 2.70.